The van der Waals surface area contributed by atoms with E-state index in [1.54, 1.807) is 0 Å². The van der Waals surface area contributed by atoms with Gasteiger partial charge in [-0.05, 0) is 23.1 Å². The topological polar surface area (TPSA) is 13.1 Å². The highest BCUT2D eigenvalue weighted by Crippen LogP contribution is 2.30. The van der Waals surface area contributed by atoms with Crippen LogP contribution in [0.1, 0.15) is 26.3 Å². The molecule has 3 rings (SSSR count). The third kappa shape index (κ3) is 2.92. The highest BCUT2D eigenvalue weighted by atomic mass is 16.3. The highest BCUT2D eigenvalue weighted by molar-refractivity contribution is 5.65. The van der Waals surface area contributed by atoms with Gasteiger partial charge in [0.05, 0.1) is 0 Å². The second-order valence-electron chi connectivity index (χ2n) is 6.36. The first-order valence-electron chi connectivity index (χ1n) is 7.30. The monoisotopic (exact) mass is 276 g/mol. The molecule has 1 heterocycles. The molecular weight excluding hydrogens is 256 g/mol. The van der Waals surface area contributed by atoms with Crippen LogP contribution in [-0.4, -0.2) is 0 Å². The Kier molecular flexibility index (Phi) is 3.42. The summed E-state index contributed by atoms with van der Waals surface area (Å²) in [6.07, 6.45) is 0. The lowest BCUT2D eigenvalue weighted by molar-refractivity contribution is 0.588. The second kappa shape index (κ2) is 5.25. The van der Waals surface area contributed by atoms with Crippen LogP contribution >= 0.6 is 0 Å². The van der Waals surface area contributed by atoms with Gasteiger partial charge in [0.1, 0.15) is 11.5 Å². The molecule has 2 aromatic carbocycles. The van der Waals surface area contributed by atoms with Crippen molar-refractivity contribution in [3.05, 3.63) is 72.3 Å². The van der Waals surface area contributed by atoms with Crippen molar-refractivity contribution in [1.29, 1.82) is 0 Å². The maximum absolute atomic E-state index is 5.98. The lowest BCUT2D eigenvalue weighted by atomic mass is 9.86. The van der Waals surface area contributed by atoms with Gasteiger partial charge >= 0.3 is 0 Å². The molecule has 0 aliphatic heterocycles. The van der Waals surface area contributed by atoms with E-state index in [-0.39, 0.29) is 5.41 Å². The summed E-state index contributed by atoms with van der Waals surface area (Å²) >= 11 is 0. The minimum absolute atomic E-state index is 0.177. The number of furan rings is 1. The largest absolute Gasteiger partial charge is 0.456 e. The summed E-state index contributed by atoms with van der Waals surface area (Å²) in [5.74, 6) is 1.82. The van der Waals surface area contributed by atoms with Crippen LogP contribution in [0.2, 0.25) is 0 Å². The van der Waals surface area contributed by atoms with Crippen LogP contribution in [-0.2, 0) is 5.41 Å². The molecule has 0 spiro atoms. The lowest BCUT2D eigenvalue weighted by Gasteiger charge is -2.18. The van der Waals surface area contributed by atoms with Gasteiger partial charge < -0.3 is 4.42 Å². The normalized spacial score (nSPS) is 11.6. The molecule has 0 aliphatic carbocycles. The third-order valence-electron chi connectivity index (χ3n) is 3.70. The Morgan fingerprint density at radius 2 is 1.14 bits per heavy atom. The van der Waals surface area contributed by atoms with Crippen LogP contribution in [0.25, 0.3) is 22.6 Å². The van der Waals surface area contributed by atoms with Gasteiger partial charge in [-0.3, -0.25) is 0 Å². The summed E-state index contributed by atoms with van der Waals surface area (Å²) in [4.78, 5) is 0. The molecule has 0 fully saturated rings. The first-order chi connectivity index (χ1) is 10.0. The number of hydrogen-bond donors (Lipinski definition) is 0. The Hall–Kier alpha value is -2.28. The Morgan fingerprint density at radius 1 is 0.619 bits per heavy atom. The molecule has 3 aromatic rings. The summed E-state index contributed by atoms with van der Waals surface area (Å²) in [6.45, 7) is 6.67. The zero-order valence-electron chi connectivity index (χ0n) is 12.8. The van der Waals surface area contributed by atoms with Gasteiger partial charge in [-0.15, -0.1) is 0 Å². The van der Waals surface area contributed by atoms with Gasteiger partial charge in [0.2, 0.25) is 0 Å². The Bertz CT molecular complexity index is 713. The van der Waals surface area contributed by atoms with Gasteiger partial charge in [-0.2, -0.15) is 0 Å². The zero-order valence-corrected chi connectivity index (χ0v) is 12.8. The molecule has 1 aromatic heterocycles. The van der Waals surface area contributed by atoms with Crippen LogP contribution in [0.4, 0.5) is 0 Å². The Labute approximate surface area is 126 Å². The third-order valence-corrected chi connectivity index (χ3v) is 3.70. The van der Waals surface area contributed by atoms with Gasteiger partial charge in [-0.25, -0.2) is 0 Å². The summed E-state index contributed by atoms with van der Waals surface area (Å²) in [5, 5.41) is 0. The van der Waals surface area contributed by atoms with Crippen molar-refractivity contribution in [3.8, 4) is 22.6 Å². The minimum Gasteiger partial charge on any atom is -0.456 e. The molecule has 0 saturated heterocycles. The maximum Gasteiger partial charge on any atom is 0.134 e. The van der Waals surface area contributed by atoms with E-state index >= 15 is 0 Å². The maximum atomic E-state index is 5.98. The van der Waals surface area contributed by atoms with E-state index in [1.807, 2.05) is 30.3 Å². The van der Waals surface area contributed by atoms with E-state index < -0.39 is 0 Å². The zero-order chi connectivity index (χ0) is 14.9. The molecular formula is C20H20O. The summed E-state index contributed by atoms with van der Waals surface area (Å²) < 4.78 is 5.98. The van der Waals surface area contributed by atoms with E-state index in [2.05, 4.69) is 57.2 Å². The molecule has 1 heteroatoms. The van der Waals surface area contributed by atoms with Gasteiger partial charge in [-0.1, -0.05) is 75.4 Å². The fourth-order valence-electron chi connectivity index (χ4n) is 2.39. The summed E-state index contributed by atoms with van der Waals surface area (Å²) in [7, 11) is 0. The molecule has 0 radical (unpaired) electrons. The van der Waals surface area contributed by atoms with Crippen LogP contribution in [0.5, 0.6) is 0 Å². The molecule has 0 unspecified atom stereocenters. The number of hydrogen-bond acceptors (Lipinski definition) is 1. The smallest absolute Gasteiger partial charge is 0.134 e. The molecule has 106 valence electrons. The van der Waals surface area contributed by atoms with Gasteiger partial charge in [0.15, 0.2) is 0 Å². The van der Waals surface area contributed by atoms with E-state index in [0.717, 1.165) is 22.6 Å². The number of benzene rings is 2. The lowest BCUT2D eigenvalue weighted by Crippen LogP contribution is -2.10. The summed E-state index contributed by atoms with van der Waals surface area (Å²) in [5.41, 5.74) is 3.73. The number of rotatable bonds is 2. The van der Waals surface area contributed by atoms with Crippen molar-refractivity contribution in [3.63, 3.8) is 0 Å². The molecule has 0 aliphatic rings. The standard InChI is InChI=1S/C20H20O/c1-20(2,3)17-11-9-16(10-12-17)19-14-13-18(21-19)15-7-5-4-6-8-15/h4-14H,1-3H3. The van der Waals surface area contributed by atoms with Crippen molar-refractivity contribution >= 4 is 0 Å². The highest BCUT2D eigenvalue weighted by Gasteiger charge is 2.13. The predicted molar refractivity (Wildman–Crippen MR) is 88.3 cm³/mol. The average Bonchev–Trinajstić information content (AvgIpc) is 2.97. The first-order valence-corrected chi connectivity index (χ1v) is 7.30. The molecule has 0 N–H and O–H groups in total. The summed E-state index contributed by atoms with van der Waals surface area (Å²) in [6, 6.07) is 22.9. The van der Waals surface area contributed by atoms with E-state index in [0.29, 0.717) is 0 Å². The van der Waals surface area contributed by atoms with Crippen molar-refractivity contribution < 1.29 is 4.42 Å². The van der Waals surface area contributed by atoms with Crippen LogP contribution in [0.15, 0.2) is 71.1 Å². The van der Waals surface area contributed by atoms with E-state index in [1.165, 1.54) is 5.56 Å². The van der Waals surface area contributed by atoms with Gasteiger partial charge in [0.25, 0.3) is 0 Å². The molecule has 1 nitrogen and oxygen atoms in total. The quantitative estimate of drug-likeness (QED) is 0.567. The second-order valence-corrected chi connectivity index (χ2v) is 6.36. The Morgan fingerprint density at radius 3 is 1.67 bits per heavy atom. The van der Waals surface area contributed by atoms with Crippen molar-refractivity contribution in [2.24, 2.45) is 0 Å². The van der Waals surface area contributed by atoms with E-state index in [9.17, 15) is 0 Å². The fourth-order valence-corrected chi connectivity index (χ4v) is 2.39. The van der Waals surface area contributed by atoms with Crippen LogP contribution in [0, 0.1) is 0 Å². The first kappa shape index (κ1) is 13.7. The Balaban J connectivity index is 1.90. The van der Waals surface area contributed by atoms with Crippen LogP contribution in [0.3, 0.4) is 0 Å². The molecule has 21 heavy (non-hydrogen) atoms. The van der Waals surface area contributed by atoms with E-state index in [4.69, 9.17) is 4.42 Å². The SMILES string of the molecule is CC(C)(C)c1ccc(-c2ccc(-c3ccccc3)o2)cc1. The molecule has 0 bridgehead atoms. The fraction of sp³-hybridized carbons (Fsp3) is 0.200. The predicted octanol–water partition coefficient (Wildman–Crippen LogP) is 5.91. The average molecular weight is 276 g/mol. The van der Waals surface area contributed by atoms with Crippen molar-refractivity contribution in [1.82, 2.24) is 0 Å². The molecule has 0 amide bonds. The molecule has 0 saturated carbocycles. The minimum atomic E-state index is 0.177. The van der Waals surface area contributed by atoms with Gasteiger partial charge in [0, 0.05) is 11.1 Å². The van der Waals surface area contributed by atoms with Crippen molar-refractivity contribution in [2.75, 3.05) is 0 Å². The van der Waals surface area contributed by atoms with Crippen molar-refractivity contribution in [2.45, 2.75) is 26.2 Å². The molecule has 0 atom stereocenters. The van der Waals surface area contributed by atoms with Crippen LogP contribution < -0.4 is 0 Å².